The standard InChI is InChI=1S/C39H28N2S/c1-39(2)32-18-6-8-20-35(32)42-36-24-27(21-22-33(36)39)26-13-9-14-28(23-26)38-40-34-19-7-5-16-31(34)37(41-38)30-17-10-12-25-11-3-4-15-29(25)30/h3-24H,1-2H3. The van der Waals surface area contributed by atoms with Crippen LogP contribution in [0.4, 0.5) is 0 Å². The number of para-hydroxylation sites is 1. The van der Waals surface area contributed by atoms with E-state index in [0.717, 1.165) is 39.1 Å². The highest BCUT2D eigenvalue weighted by atomic mass is 32.2. The molecule has 200 valence electrons. The van der Waals surface area contributed by atoms with Gasteiger partial charge in [0.15, 0.2) is 5.82 Å². The molecule has 0 atom stereocenters. The maximum atomic E-state index is 5.23. The van der Waals surface area contributed by atoms with Crippen molar-refractivity contribution < 1.29 is 0 Å². The van der Waals surface area contributed by atoms with Gasteiger partial charge in [0, 0.05) is 31.7 Å². The van der Waals surface area contributed by atoms with E-state index in [-0.39, 0.29) is 5.41 Å². The first-order chi connectivity index (χ1) is 20.6. The lowest BCUT2D eigenvalue weighted by molar-refractivity contribution is 0.607. The molecule has 0 aliphatic carbocycles. The molecule has 6 aromatic carbocycles. The van der Waals surface area contributed by atoms with E-state index in [9.17, 15) is 0 Å². The topological polar surface area (TPSA) is 25.8 Å². The largest absolute Gasteiger partial charge is 0.228 e. The highest BCUT2D eigenvalue weighted by Crippen LogP contribution is 2.49. The Hall–Kier alpha value is -4.73. The van der Waals surface area contributed by atoms with E-state index in [0.29, 0.717) is 0 Å². The normalized spacial score (nSPS) is 13.6. The summed E-state index contributed by atoms with van der Waals surface area (Å²) in [6.07, 6.45) is 0. The summed E-state index contributed by atoms with van der Waals surface area (Å²) in [6, 6.07) is 47.6. The van der Waals surface area contributed by atoms with E-state index in [4.69, 9.17) is 9.97 Å². The fourth-order valence-corrected chi connectivity index (χ4v) is 7.75. The molecule has 42 heavy (non-hydrogen) atoms. The first-order valence-corrected chi connectivity index (χ1v) is 15.2. The lowest BCUT2D eigenvalue weighted by atomic mass is 9.77. The van der Waals surface area contributed by atoms with Gasteiger partial charge < -0.3 is 0 Å². The van der Waals surface area contributed by atoms with Crippen LogP contribution in [0.1, 0.15) is 25.0 Å². The van der Waals surface area contributed by atoms with Crippen LogP contribution in [0.5, 0.6) is 0 Å². The van der Waals surface area contributed by atoms with Crippen LogP contribution in [0.2, 0.25) is 0 Å². The molecule has 0 unspecified atom stereocenters. The van der Waals surface area contributed by atoms with Crippen LogP contribution in [0.25, 0.3) is 55.4 Å². The summed E-state index contributed by atoms with van der Waals surface area (Å²) in [7, 11) is 0. The predicted octanol–water partition coefficient (Wildman–Crippen LogP) is 10.6. The van der Waals surface area contributed by atoms with Crippen molar-refractivity contribution in [3.63, 3.8) is 0 Å². The molecule has 0 radical (unpaired) electrons. The summed E-state index contributed by atoms with van der Waals surface area (Å²) >= 11 is 1.87. The summed E-state index contributed by atoms with van der Waals surface area (Å²) < 4.78 is 0. The molecule has 0 saturated heterocycles. The smallest absolute Gasteiger partial charge is 0.160 e. The van der Waals surface area contributed by atoms with Gasteiger partial charge in [0.05, 0.1) is 11.2 Å². The number of nitrogens with zero attached hydrogens (tertiary/aromatic N) is 2. The number of fused-ring (bicyclic) bond motifs is 4. The molecule has 1 aromatic heterocycles. The van der Waals surface area contributed by atoms with Crippen molar-refractivity contribution >= 4 is 33.4 Å². The molecule has 0 bridgehead atoms. The molecule has 2 nitrogen and oxygen atoms in total. The second-order valence-corrected chi connectivity index (χ2v) is 12.5. The van der Waals surface area contributed by atoms with Gasteiger partial charge in [-0.1, -0.05) is 135 Å². The van der Waals surface area contributed by atoms with Gasteiger partial charge in [-0.2, -0.15) is 0 Å². The van der Waals surface area contributed by atoms with Gasteiger partial charge in [0.2, 0.25) is 0 Å². The van der Waals surface area contributed by atoms with Gasteiger partial charge in [-0.05, 0) is 57.3 Å². The minimum Gasteiger partial charge on any atom is -0.228 e. The molecule has 3 heteroatoms. The van der Waals surface area contributed by atoms with Crippen LogP contribution in [0.3, 0.4) is 0 Å². The summed E-state index contributed by atoms with van der Waals surface area (Å²) in [4.78, 5) is 12.9. The Morgan fingerprint density at radius 3 is 2.14 bits per heavy atom. The maximum absolute atomic E-state index is 5.23. The highest BCUT2D eigenvalue weighted by Gasteiger charge is 2.32. The third-order valence-electron chi connectivity index (χ3n) is 8.54. The van der Waals surface area contributed by atoms with E-state index in [1.807, 2.05) is 17.8 Å². The fraction of sp³-hybridized carbons (Fsp3) is 0.0769. The van der Waals surface area contributed by atoms with Crippen molar-refractivity contribution in [2.75, 3.05) is 0 Å². The molecule has 8 rings (SSSR count). The van der Waals surface area contributed by atoms with Crippen molar-refractivity contribution in [2.24, 2.45) is 0 Å². The zero-order valence-corrected chi connectivity index (χ0v) is 24.3. The second kappa shape index (κ2) is 9.68. The quantitative estimate of drug-likeness (QED) is 0.216. The minimum absolute atomic E-state index is 0.0332. The number of aromatic nitrogens is 2. The van der Waals surface area contributed by atoms with Gasteiger partial charge >= 0.3 is 0 Å². The van der Waals surface area contributed by atoms with Crippen molar-refractivity contribution in [3.8, 4) is 33.8 Å². The van der Waals surface area contributed by atoms with Crippen molar-refractivity contribution in [3.05, 3.63) is 145 Å². The van der Waals surface area contributed by atoms with Crippen LogP contribution in [0, 0.1) is 0 Å². The van der Waals surface area contributed by atoms with Crippen molar-refractivity contribution in [1.29, 1.82) is 0 Å². The summed E-state index contributed by atoms with van der Waals surface area (Å²) in [6.45, 7) is 4.66. The molecule has 0 amide bonds. The third kappa shape index (κ3) is 4.04. The van der Waals surface area contributed by atoms with E-state index in [1.54, 1.807) is 0 Å². The van der Waals surface area contributed by atoms with E-state index < -0.39 is 0 Å². The number of rotatable bonds is 3. The van der Waals surface area contributed by atoms with Crippen LogP contribution in [-0.4, -0.2) is 9.97 Å². The molecule has 1 aliphatic heterocycles. The van der Waals surface area contributed by atoms with Gasteiger partial charge in [0.1, 0.15) is 0 Å². The summed E-state index contributed by atoms with van der Waals surface area (Å²) in [5, 5.41) is 3.46. The molecule has 0 spiro atoms. The zero-order valence-electron chi connectivity index (χ0n) is 23.5. The van der Waals surface area contributed by atoms with Crippen LogP contribution in [0.15, 0.2) is 143 Å². The molecule has 0 N–H and O–H groups in total. The predicted molar refractivity (Wildman–Crippen MR) is 176 cm³/mol. The average Bonchev–Trinajstić information content (AvgIpc) is 3.04. The third-order valence-corrected chi connectivity index (χ3v) is 9.67. The van der Waals surface area contributed by atoms with Crippen LogP contribution >= 0.6 is 11.8 Å². The number of benzene rings is 6. The van der Waals surface area contributed by atoms with Gasteiger partial charge in [-0.25, -0.2) is 9.97 Å². The molecule has 0 fully saturated rings. The Balaban J connectivity index is 1.25. The monoisotopic (exact) mass is 556 g/mol. The van der Waals surface area contributed by atoms with Gasteiger partial charge in [0.25, 0.3) is 0 Å². The van der Waals surface area contributed by atoms with E-state index in [1.165, 1.54) is 37.3 Å². The van der Waals surface area contributed by atoms with Crippen molar-refractivity contribution in [1.82, 2.24) is 9.97 Å². The highest BCUT2D eigenvalue weighted by molar-refractivity contribution is 7.99. The molecular weight excluding hydrogens is 529 g/mol. The lowest BCUT2D eigenvalue weighted by Crippen LogP contribution is -2.23. The molecule has 7 aromatic rings. The summed E-state index contributed by atoms with van der Waals surface area (Å²) in [5.74, 6) is 0.737. The van der Waals surface area contributed by atoms with Crippen LogP contribution in [-0.2, 0) is 5.41 Å². The Morgan fingerprint density at radius 1 is 0.524 bits per heavy atom. The van der Waals surface area contributed by atoms with Gasteiger partial charge in [-0.3, -0.25) is 0 Å². The lowest BCUT2D eigenvalue weighted by Gasteiger charge is -2.34. The Labute approximate surface area is 250 Å². The minimum atomic E-state index is -0.0332. The Kier molecular flexibility index (Phi) is 5.77. The number of hydrogen-bond acceptors (Lipinski definition) is 3. The SMILES string of the molecule is CC1(C)c2ccccc2Sc2cc(-c3cccc(-c4nc(-c5cccc6ccccc56)c5ccccc5n4)c3)ccc21. The average molecular weight is 557 g/mol. The van der Waals surface area contributed by atoms with Gasteiger partial charge in [-0.15, -0.1) is 0 Å². The summed E-state index contributed by atoms with van der Waals surface area (Å²) in [5.41, 5.74) is 9.15. The van der Waals surface area contributed by atoms with E-state index >= 15 is 0 Å². The first-order valence-electron chi connectivity index (χ1n) is 14.3. The fourth-order valence-electron chi connectivity index (χ4n) is 6.32. The van der Waals surface area contributed by atoms with E-state index in [2.05, 4.69) is 141 Å². The molecular formula is C39H28N2S. The van der Waals surface area contributed by atoms with Crippen LogP contribution < -0.4 is 0 Å². The molecule has 0 saturated carbocycles. The second-order valence-electron chi connectivity index (χ2n) is 11.5. The maximum Gasteiger partial charge on any atom is 0.160 e. The molecule has 1 aliphatic rings. The zero-order chi connectivity index (χ0) is 28.3. The first kappa shape index (κ1) is 25.0. The Bertz CT molecular complexity index is 2160. The molecule has 2 heterocycles. The van der Waals surface area contributed by atoms with Crippen molar-refractivity contribution in [2.45, 2.75) is 29.1 Å². The Morgan fingerprint density at radius 2 is 1.21 bits per heavy atom. The number of hydrogen-bond donors (Lipinski definition) is 0.